The van der Waals surface area contributed by atoms with Gasteiger partial charge in [-0.25, -0.2) is 0 Å². The average Bonchev–Trinajstić information content (AvgIpc) is 2.41. The molecule has 1 amide bonds. The quantitative estimate of drug-likeness (QED) is 0.898. The van der Waals surface area contributed by atoms with Crippen molar-refractivity contribution < 1.29 is 14.6 Å². The van der Waals surface area contributed by atoms with E-state index in [1.54, 1.807) is 12.1 Å². The number of phenols is 1. The fraction of sp³-hybridized carbons (Fsp3) is 0.133. The zero-order valence-electron chi connectivity index (χ0n) is 11.1. The van der Waals surface area contributed by atoms with Gasteiger partial charge < -0.3 is 15.2 Å². The van der Waals surface area contributed by atoms with Gasteiger partial charge in [0.05, 0.1) is 7.11 Å². The molecule has 2 rings (SSSR count). The molecular formula is C15H14BrNO3. The average molecular weight is 336 g/mol. The number of anilines is 1. The molecule has 0 unspecified atom stereocenters. The molecule has 0 heterocycles. The van der Waals surface area contributed by atoms with Crippen LogP contribution in [0.25, 0.3) is 0 Å². The molecule has 104 valence electrons. The highest BCUT2D eigenvalue weighted by Crippen LogP contribution is 2.27. The Kier molecular flexibility index (Phi) is 4.29. The molecule has 0 saturated carbocycles. The normalized spacial score (nSPS) is 10.2. The van der Waals surface area contributed by atoms with E-state index in [1.807, 2.05) is 25.1 Å². The van der Waals surface area contributed by atoms with Crippen molar-refractivity contribution in [3.63, 3.8) is 0 Å². The first-order valence-corrected chi connectivity index (χ1v) is 6.75. The summed E-state index contributed by atoms with van der Waals surface area (Å²) in [4.78, 5) is 12.1. The summed E-state index contributed by atoms with van der Waals surface area (Å²) in [6, 6.07) is 10.1. The van der Waals surface area contributed by atoms with Gasteiger partial charge in [0.15, 0.2) is 11.5 Å². The topological polar surface area (TPSA) is 58.6 Å². The van der Waals surface area contributed by atoms with Gasteiger partial charge in [-0.2, -0.15) is 0 Å². The van der Waals surface area contributed by atoms with E-state index < -0.39 is 0 Å². The van der Waals surface area contributed by atoms with Crippen molar-refractivity contribution >= 4 is 27.5 Å². The van der Waals surface area contributed by atoms with Crippen LogP contribution >= 0.6 is 15.9 Å². The van der Waals surface area contributed by atoms with E-state index >= 15 is 0 Å². The number of hydrogen-bond acceptors (Lipinski definition) is 3. The Morgan fingerprint density at radius 2 is 2.00 bits per heavy atom. The lowest BCUT2D eigenvalue weighted by atomic mass is 10.1. The number of ether oxygens (including phenoxy) is 1. The molecule has 0 aromatic heterocycles. The Labute approximate surface area is 125 Å². The third-order valence-electron chi connectivity index (χ3n) is 2.88. The second kappa shape index (κ2) is 5.96. The van der Waals surface area contributed by atoms with Crippen LogP contribution in [0.15, 0.2) is 40.9 Å². The molecule has 0 aliphatic rings. The maximum Gasteiger partial charge on any atom is 0.255 e. The number of carbonyl (C=O) groups is 1. The van der Waals surface area contributed by atoms with Gasteiger partial charge in [-0.3, -0.25) is 4.79 Å². The number of hydrogen-bond donors (Lipinski definition) is 2. The van der Waals surface area contributed by atoms with Crippen LogP contribution in [0.3, 0.4) is 0 Å². The van der Waals surface area contributed by atoms with Gasteiger partial charge in [0, 0.05) is 15.7 Å². The number of benzene rings is 2. The zero-order valence-corrected chi connectivity index (χ0v) is 12.7. The van der Waals surface area contributed by atoms with Gasteiger partial charge in [-0.1, -0.05) is 15.9 Å². The summed E-state index contributed by atoms with van der Waals surface area (Å²) < 4.78 is 5.90. The largest absolute Gasteiger partial charge is 0.504 e. The van der Waals surface area contributed by atoms with E-state index in [-0.39, 0.29) is 11.7 Å². The van der Waals surface area contributed by atoms with E-state index in [9.17, 15) is 9.90 Å². The molecule has 0 fully saturated rings. The lowest BCUT2D eigenvalue weighted by Crippen LogP contribution is -2.12. The van der Waals surface area contributed by atoms with Gasteiger partial charge in [0.25, 0.3) is 5.91 Å². The Morgan fingerprint density at radius 3 is 2.60 bits per heavy atom. The fourth-order valence-electron chi connectivity index (χ4n) is 1.79. The summed E-state index contributed by atoms with van der Waals surface area (Å²) >= 11 is 3.37. The first-order chi connectivity index (χ1) is 9.51. The summed E-state index contributed by atoms with van der Waals surface area (Å²) in [5.41, 5.74) is 2.05. The highest BCUT2D eigenvalue weighted by Gasteiger charge is 2.11. The molecule has 0 aliphatic heterocycles. The van der Waals surface area contributed by atoms with Crippen molar-refractivity contribution in [3.8, 4) is 11.5 Å². The van der Waals surface area contributed by atoms with Gasteiger partial charge in [0.1, 0.15) is 0 Å². The van der Waals surface area contributed by atoms with Crippen LogP contribution < -0.4 is 10.1 Å². The monoisotopic (exact) mass is 335 g/mol. The SMILES string of the molecule is COc1ccc(C(=O)Nc2ccc(Br)cc2C)cc1O. The van der Waals surface area contributed by atoms with Crippen LogP contribution in [-0.2, 0) is 0 Å². The predicted molar refractivity (Wildman–Crippen MR) is 81.5 cm³/mol. The molecule has 0 aliphatic carbocycles. The molecule has 0 saturated heterocycles. The molecule has 0 radical (unpaired) electrons. The number of aryl methyl sites for hydroxylation is 1. The number of rotatable bonds is 3. The number of methoxy groups -OCH3 is 1. The first-order valence-electron chi connectivity index (χ1n) is 5.96. The van der Waals surface area contributed by atoms with Crippen molar-refractivity contribution in [2.45, 2.75) is 6.92 Å². The van der Waals surface area contributed by atoms with Crippen molar-refractivity contribution in [2.75, 3.05) is 12.4 Å². The summed E-state index contributed by atoms with van der Waals surface area (Å²) in [5.74, 6) is -0.0116. The number of amides is 1. The molecule has 0 atom stereocenters. The predicted octanol–water partition coefficient (Wildman–Crippen LogP) is 3.72. The standard InChI is InChI=1S/C15H14BrNO3/c1-9-7-11(16)4-5-12(9)17-15(19)10-3-6-14(20-2)13(18)8-10/h3-8,18H,1-2H3,(H,17,19). The minimum atomic E-state index is -0.284. The molecule has 0 bridgehead atoms. The van der Waals surface area contributed by atoms with E-state index in [0.29, 0.717) is 11.3 Å². The second-order valence-corrected chi connectivity index (χ2v) is 5.22. The van der Waals surface area contributed by atoms with Gasteiger partial charge >= 0.3 is 0 Å². The van der Waals surface area contributed by atoms with Gasteiger partial charge in [-0.15, -0.1) is 0 Å². The number of carbonyl (C=O) groups excluding carboxylic acids is 1. The maximum atomic E-state index is 12.1. The summed E-state index contributed by atoms with van der Waals surface area (Å²) in [6.45, 7) is 1.91. The zero-order chi connectivity index (χ0) is 14.7. The Hall–Kier alpha value is -2.01. The molecule has 4 nitrogen and oxygen atoms in total. The highest BCUT2D eigenvalue weighted by molar-refractivity contribution is 9.10. The maximum absolute atomic E-state index is 12.1. The smallest absolute Gasteiger partial charge is 0.255 e. The van der Waals surface area contributed by atoms with Crippen LogP contribution in [-0.4, -0.2) is 18.1 Å². The van der Waals surface area contributed by atoms with Crippen LogP contribution in [0.1, 0.15) is 15.9 Å². The molecular weight excluding hydrogens is 322 g/mol. The number of phenolic OH excluding ortho intramolecular Hbond substituents is 1. The number of nitrogens with one attached hydrogen (secondary N) is 1. The fourth-order valence-corrected chi connectivity index (χ4v) is 2.27. The van der Waals surface area contributed by atoms with Crippen molar-refractivity contribution in [1.82, 2.24) is 0 Å². The van der Waals surface area contributed by atoms with E-state index in [4.69, 9.17) is 4.74 Å². The minimum absolute atomic E-state index is 0.0623. The van der Waals surface area contributed by atoms with Crippen LogP contribution in [0, 0.1) is 6.92 Å². The molecule has 5 heteroatoms. The highest BCUT2D eigenvalue weighted by atomic mass is 79.9. The summed E-state index contributed by atoms with van der Waals surface area (Å²) in [6.07, 6.45) is 0. The molecule has 2 N–H and O–H groups in total. The lowest BCUT2D eigenvalue weighted by Gasteiger charge is -2.10. The van der Waals surface area contributed by atoms with Gasteiger partial charge in [-0.05, 0) is 48.9 Å². The second-order valence-electron chi connectivity index (χ2n) is 4.30. The number of halogens is 1. The molecule has 0 spiro atoms. The Morgan fingerprint density at radius 1 is 1.25 bits per heavy atom. The van der Waals surface area contributed by atoms with Crippen molar-refractivity contribution in [3.05, 3.63) is 52.0 Å². The minimum Gasteiger partial charge on any atom is -0.504 e. The molecule has 20 heavy (non-hydrogen) atoms. The third-order valence-corrected chi connectivity index (χ3v) is 3.37. The summed E-state index contributed by atoms with van der Waals surface area (Å²) in [5, 5.41) is 12.5. The molecule has 2 aromatic carbocycles. The Bertz CT molecular complexity index is 656. The van der Waals surface area contributed by atoms with Crippen LogP contribution in [0.5, 0.6) is 11.5 Å². The van der Waals surface area contributed by atoms with E-state index in [0.717, 1.165) is 15.7 Å². The first kappa shape index (κ1) is 14.4. The number of aromatic hydroxyl groups is 1. The van der Waals surface area contributed by atoms with Crippen molar-refractivity contribution in [2.24, 2.45) is 0 Å². The van der Waals surface area contributed by atoms with Gasteiger partial charge in [0.2, 0.25) is 0 Å². The molecule has 2 aromatic rings. The third kappa shape index (κ3) is 3.11. The summed E-state index contributed by atoms with van der Waals surface area (Å²) in [7, 11) is 1.46. The van der Waals surface area contributed by atoms with E-state index in [1.165, 1.54) is 13.2 Å². The van der Waals surface area contributed by atoms with Crippen LogP contribution in [0.4, 0.5) is 5.69 Å². The van der Waals surface area contributed by atoms with Crippen LogP contribution in [0.2, 0.25) is 0 Å². The van der Waals surface area contributed by atoms with Crippen molar-refractivity contribution in [1.29, 1.82) is 0 Å². The Balaban J connectivity index is 2.21. The lowest BCUT2D eigenvalue weighted by molar-refractivity contribution is 0.102. The van der Waals surface area contributed by atoms with E-state index in [2.05, 4.69) is 21.2 Å².